The Hall–Kier alpha value is -2.34. The van der Waals surface area contributed by atoms with E-state index in [2.05, 4.69) is 36.7 Å². The topological polar surface area (TPSA) is 70.2 Å². The molecule has 6 heteroatoms. The van der Waals surface area contributed by atoms with E-state index in [-0.39, 0.29) is 23.4 Å². The maximum Gasteiger partial charge on any atom is 0.324 e. The molecule has 0 aliphatic rings. The summed E-state index contributed by atoms with van der Waals surface area (Å²) in [6.45, 7) is 8.21. The number of urea groups is 1. The number of hydrogen-bond donors (Lipinski definition) is 3. The molecular weight excluding hydrogens is 322 g/mol. The Kier molecular flexibility index (Phi) is 5.62. The van der Waals surface area contributed by atoms with Crippen molar-refractivity contribution in [3.05, 3.63) is 47.3 Å². The molecule has 1 aromatic carbocycles. The molecule has 0 saturated heterocycles. The van der Waals surface area contributed by atoms with Gasteiger partial charge in [-0.15, -0.1) is 11.3 Å². The minimum atomic E-state index is -0.335. The van der Waals surface area contributed by atoms with Gasteiger partial charge in [-0.1, -0.05) is 39.0 Å². The van der Waals surface area contributed by atoms with Crippen LogP contribution in [0.1, 0.15) is 37.4 Å². The fraction of sp³-hybridized carbons (Fsp3) is 0.333. The Labute approximate surface area is 146 Å². The Morgan fingerprint density at radius 3 is 2.29 bits per heavy atom. The number of thiophene rings is 1. The Morgan fingerprint density at radius 2 is 1.67 bits per heavy atom. The van der Waals surface area contributed by atoms with E-state index in [4.69, 9.17) is 0 Å². The second kappa shape index (κ2) is 7.49. The van der Waals surface area contributed by atoms with Crippen LogP contribution in [0.3, 0.4) is 0 Å². The molecule has 0 spiro atoms. The lowest BCUT2D eigenvalue weighted by Crippen LogP contribution is -2.41. The van der Waals surface area contributed by atoms with Crippen LogP contribution in [0, 0.1) is 5.41 Å². The largest absolute Gasteiger partial charge is 0.348 e. The number of hydrogen-bond acceptors (Lipinski definition) is 3. The maximum absolute atomic E-state index is 12.3. The van der Waals surface area contributed by atoms with Gasteiger partial charge < -0.3 is 10.6 Å². The van der Waals surface area contributed by atoms with Gasteiger partial charge >= 0.3 is 6.03 Å². The highest BCUT2D eigenvalue weighted by molar-refractivity contribution is 7.18. The van der Waals surface area contributed by atoms with Crippen molar-refractivity contribution in [2.75, 3.05) is 10.6 Å². The van der Waals surface area contributed by atoms with Gasteiger partial charge in [0.1, 0.15) is 0 Å². The van der Waals surface area contributed by atoms with Crippen molar-refractivity contribution < 1.29 is 9.59 Å². The highest BCUT2D eigenvalue weighted by atomic mass is 32.1. The van der Waals surface area contributed by atoms with E-state index in [0.29, 0.717) is 15.6 Å². The van der Waals surface area contributed by atoms with Gasteiger partial charge in [0, 0.05) is 11.7 Å². The highest BCUT2D eigenvalue weighted by Crippen LogP contribution is 2.24. The zero-order valence-electron chi connectivity index (χ0n) is 14.3. The van der Waals surface area contributed by atoms with Gasteiger partial charge in [-0.25, -0.2) is 4.79 Å². The quantitative estimate of drug-likeness (QED) is 0.760. The summed E-state index contributed by atoms with van der Waals surface area (Å²) in [6.07, 6.45) is 0. The van der Waals surface area contributed by atoms with Crippen molar-refractivity contribution in [1.29, 1.82) is 0 Å². The lowest BCUT2D eigenvalue weighted by molar-refractivity contribution is 0.0914. The van der Waals surface area contributed by atoms with Gasteiger partial charge in [0.2, 0.25) is 0 Å². The van der Waals surface area contributed by atoms with Gasteiger partial charge in [-0.05, 0) is 36.6 Å². The van der Waals surface area contributed by atoms with Crippen LogP contribution in [0.5, 0.6) is 0 Å². The molecule has 0 radical (unpaired) electrons. The van der Waals surface area contributed by atoms with Crippen LogP contribution in [0.15, 0.2) is 42.5 Å². The third-order valence-corrected chi connectivity index (χ3v) is 4.74. The average molecular weight is 345 g/mol. The molecule has 3 N–H and O–H groups in total. The first kappa shape index (κ1) is 18.0. The number of anilines is 2. The summed E-state index contributed by atoms with van der Waals surface area (Å²) in [5.74, 6) is -0.126. The molecule has 1 aromatic heterocycles. The van der Waals surface area contributed by atoms with Gasteiger partial charge in [-0.3, -0.25) is 10.1 Å². The molecule has 128 valence electrons. The minimum Gasteiger partial charge on any atom is -0.348 e. The molecule has 0 aliphatic carbocycles. The predicted molar refractivity (Wildman–Crippen MR) is 99.8 cm³/mol. The first-order chi connectivity index (χ1) is 11.3. The van der Waals surface area contributed by atoms with Crippen LogP contribution >= 0.6 is 11.3 Å². The van der Waals surface area contributed by atoms with Crippen molar-refractivity contribution in [2.45, 2.75) is 33.7 Å². The molecule has 1 unspecified atom stereocenters. The minimum absolute atomic E-state index is 0.0103. The molecule has 0 saturated carbocycles. The molecule has 5 nitrogen and oxygen atoms in total. The molecule has 1 atom stereocenters. The number of benzene rings is 1. The monoisotopic (exact) mass is 345 g/mol. The molecule has 1 heterocycles. The molecule has 0 aliphatic heterocycles. The summed E-state index contributed by atoms with van der Waals surface area (Å²) in [4.78, 5) is 24.8. The summed E-state index contributed by atoms with van der Waals surface area (Å²) >= 11 is 1.25. The van der Waals surface area contributed by atoms with Crippen molar-refractivity contribution in [3.63, 3.8) is 0 Å². The van der Waals surface area contributed by atoms with Crippen LogP contribution in [-0.4, -0.2) is 18.0 Å². The summed E-state index contributed by atoms with van der Waals surface area (Å²) in [5, 5.41) is 9.08. The number of para-hydroxylation sites is 1. The van der Waals surface area contributed by atoms with E-state index in [9.17, 15) is 9.59 Å². The lowest BCUT2D eigenvalue weighted by atomic mass is 9.88. The van der Waals surface area contributed by atoms with E-state index >= 15 is 0 Å². The smallest absolute Gasteiger partial charge is 0.324 e. The lowest BCUT2D eigenvalue weighted by Gasteiger charge is -2.27. The molecule has 0 bridgehead atoms. The zero-order valence-corrected chi connectivity index (χ0v) is 15.2. The normalized spacial score (nSPS) is 12.3. The molecular formula is C18H23N3O2S. The number of carbonyl (C=O) groups is 2. The van der Waals surface area contributed by atoms with Crippen LogP contribution < -0.4 is 16.0 Å². The summed E-state index contributed by atoms with van der Waals surface area (Å²) in [7, 11) is 0. The van der Waals surface area contributed by atoms with Gasteiger partial charge in [-0.2, -0.15) is 0 Å². The molecule has 2 aromatic rings. The highest BCUT2D eigenvalue weighted by Gasteiger charge is 2.22. The van der Waals surface area contributed by atoms with E-state index < -0.39 is 0 Å². The Bertz CT molecular complexity index is 705. The predicted octanol–water partition coefficient (Wildman–Crippen LogP) is 4.56. The van der Waals surface area contributed by atoms with Gasteiger partial charge in [0.15, 0.2) is 0 Å². The third kappa shape index (κ3) is 5.09. The molecule has 2 rings (SSSR count). The van der Waals surface area contributed by atoms with Crippen molar-refractivity contribution in [2.24, 2.45) is 5.41 Å². The summed E-state index contributed by atoms with van der Waals surface area (Å²) in [6, 6.07) is 12.3. The first-order valence-corrected chi connectivity index (χ1v) is 8.61. The summed E-state index contributed by atoms with van der Waals surface area (Å²) < 4.78 is 0. The van der Waals surface area contributed by atoms with Crippen molar-refractivity contribution >= 4 is 34.0 Å². The Balaban J connectivity index is 1.93. The average Bonchev–Trinajstić information content (AvgIpc) is 2.95. The number of amides is 3. The summed E-state index contributed by atoms with van der Waals surface area (Å²) in [5.41, 5.74) is 0.701. The zero-order chi connectivity index (χ0) is 17.7. The number of rotatable bonds is 4. The van der Waals surface area contributed by atoms with Crippen molar-refractivity contribution in [3.8, 4) is 0 Å². The Morgan fingerprint density at radius 1 is 1.00 bits per heavy atom. The van der Waals surface area contributed by atoms with Crippen LogP contribution in [-0.2, 0) is 0 Å². The van der Waals surface area contributed by atoms with Crippen molar-refractivity contribution in [1.82, 2.24) is 5.32 Å². The fourth-order valence-corrected chi connectivity index (χ4v) is 2.61. The van der Waals surface area contributed by atoms with Gasteiger partial charge in [0.05, 0.1) is 9.88 Å². The standard InChI is InChI=1S/C18H23N3O2S/c1-12(18(2,3)4)19-16(22)14-10-11-15(24-14)21-17(23)20-13-8-6-5-7-9-13/h5-12H,1-4H3,(H,19,22)(H2,20,21,23). The van der Waals surface area contributed by atoms with Crippen LogP contribution in [0.4, 0.5) is 15.5 Å². The first-order valence-electron chi connectivity index (χ1n) is 7.79. The van der Waals surface area contributed by atoms with E-state index in [1.54, 1.807) is 24.3 Å². The van der Waals surface area contributed by atoms with Gasteiger partial charge in [0.25, 0.3) is 5.91 Å². The molecule has 24 heavy (non-hydrogen) atoms. The van der Waals surface area contributed by atoms with E-state index in [1.165, 1.54) is 11.3 Å². The number of carbonyl (C=O) groups excluding carboxylic acids is 2. The SMILES string of the molecule is CC(NC(=O)c1ccc(NC(=O)Nc2ccccc2)s1)C(C)(C)C. The number of nitrogens with one attached hydrogen (secondary N) is 3. The second-order valence-electron chi connectivity index (χ2n) is 6.67. The van der Waals surface area contributed by atoms with E-state index in [1.807, 2.05) is 25.1 Å². The fourth-order valence-electron chi connectivity index (χ4n) is 1.81. The van der Waals surface area contributed by atoms with Crippen LogP contribution in [0.25, 0.3) is 0 Å². The third-order valence-electron chi connectivity index (χ3n) is 3.74. The maximum atomic E-state index is 12.3. The molecule has 0 fully saturated rings. The van der Waals surface area contributed by atoms with E-state index in [0.717, 1.165) is 0 Å². The molecule has 3 amide bonds. The second-order valence-corrected chi connectivity index (χ2v) is 7.75. The van der Waals surface area contributed by atoms with Crippen LogP contribution in [0.2, 0.25) is 0 Å².